The minimum atomic E-state index is 0.104. The maximum atomic E-state index is 5.82. The van der Waals surface area contributed by atoms with Crippen LogP contribution in [0, 0.1) is 6.92 Å². The zero-order valence-corrected chi connectivity index (χ0v) is 12.6. The normalized spacial score (nSPS) is 12.2. The predicted molar refractivity (Wildman–Crippen MR) is 78.3 cm³/mol. The molecule has 0 bridgehead atoms. The maximum Gasteiger partial charge on any atom is 0.264 e. The maximum absolute atomic E-state index is 5.82. The molecule has 1 aromatic carbocycles. The van der Waals surface area contributed by atoms with E-state index in [1.807, 2.05) is 32.0 Å². The van der Waals surface area contributed by atoms with Crippen LogP contribution in [0.3, 0.4) is 0 Å². The van der Waals surface area contributed by atoms with Gasteiger partial charge in [-0.25, -0.2) is 0 Å². The van der Waals surface area contributed by atoms with E-state index < -0.39 is 0 Å². The summed E-state index contributed by atoms with van der Waals surface area (Å²) in [5.41, 5.74) is 6.94. The van der Waals surface area contributed by atoms with Crippen LogP contribution in [0.15, 0.2) is 22.7 Å². The summed E-state index contributed by atoms with van der Waals surface area (Å²) < 4.78 is 16.3. The fourth-order valence-corrected chi connectivity index (χ4v) is 1.98. The summed E-state index contributed by atoms with van der Waals surface area (Å²) in [6.07, 6.45) is 0.795. The Morgan fingerprint density at radius 2 is 2.10 bits per heavy atom. The monoisotopic (exact) mass is 291 g/mol. The van der Waals surface area contributed by atoms with Gasteiger partial charge in [0.05, 0.1) is 6.61 Å². The first-order valence-corrected chi connectivity index (χ1v) is 7.01. The Bertz CT molecular complexity index is 581. The van der Waals surface area contributed by atoms with Crippen molar-refractivity contribution >= 4 is 0 Å². The van der Waals surface area contributed by atoms with Gasteiger partial charge in [-0.05, 0) is 44.9 Å². The zero-order chi connectivity index (χ0) is 15.2. The molecule has 1 unspecified atom stereocenters. The molecule has 0 saturated carbocycles. The van der Waals surface area contributed by atoms with Crippen LogP contribution >= 0.6 is 0 Å². The number of rotatable bonds is 7. The zero-order valence-electron chi connectivity index (χ0n) is 12.6. The van der Waals surface area contributed by atoms with Gasteiger partial charge in [-0.3, -0.25) is 0 Å². The van der Waals surface area contributed by atoms with Crippen LogP contribution in [0.25, 0.3) is 0 Å². The Hall–Kier alpha value is -2.08. The van der Waals surface area contributed by atoms with Gasteiger partial charge in [0.1, 0.15) is 0 Å². The van der Waals surface area contributed by atoms with Gasteiger partial charge in [-0.2, -0.15) is 4.98 Å². The Kier molecular flexibility index (Phi) is 5.16. The summed E-state index contributed by atoms with van der Waals surface area (Å²) >= 11 is 0. The second-order valence-electron chi connectivity index (χ2n) is 4.92. The van der Waals surface area contributed by atoms with Crippen molar-refractivity contribution in [2.75, 3.05) is 6.61 Å². The van der Waals surface area contributed by atoms with E-state index in [9.17, 15) is 0 Å². The molecule has 0 fully saturated rings. The SMILES string of the molecule is CCOc1cc(CC(C)N)ccc1OCc1nc(C)no1. The molecule has 21 heavy (non-hydrogen) atoms. The van der Waals surface area contributed by atoms with Crippen LogP contribution in [-0.2, 0) is 13.0 Å². The van der Waals surface area contributed by atoms with E-state index in [2.05, 4.69) is 10.1 Å². The average molecular weight is 291 g/mol. The highest BCUT2D eigenvalue weighted by molar-refractivity contribution is 5.43. The fourth-order valence-electron chi connectivity index (χ4n) is 1.98. The molecular weight excluding hydrogens is 270 g/mol. The number of aryl methyl sites for hydroxylation is 1. The quantitative estimate of drug-likeness (QED) is 0.842. The van der Waals surface area contributed by atoms with Crippen molar-refractivity contribution < 1.29 is 14.0 Å². The number of nitrogens with two attached hydrogens (primary N) is 1. The van der Waals surface area contributed by atoms with E-state index in [1.165, 1.54) is 0 Å². The van der Waals surface area contributed by atoms with Gasteiger partial charge in [0.25, 0.3) is 5.89 Å². The second-order valence-corrected chi connectivity index (χ2v) is 4.92. The number of benzene rings is 1. The van der Waals surface area contributed by atoms with Crippen molar-refractivity contribution in [1.29, 1.82) is 0 Å². The van der Waals surface area contributed by atoms with Crippen molar-refractivity contribution in [2.24, 2.45) is 5.73 Å². The highest BCUT2D eigenvalue weighted by Gasteiger charge is 2.10. The van der Waals surface area contributed by atoms with Crippen LogP contribution in [0.2, 0.25) is 0 Å². The number of nitrogens with zero attached hydrogens (tertiary/aromatic N) is 2. The summed E-state index contributed by atoms with van der Waals surface area (Å²) in [6.45, 7) is 6.46. The van der Waals surface area contributed by atoms with Gasteiger partial charge in [0, 0.05) is 6.04 Å². The van der Waals surface area contributed by atoms with Crippen molar-refractivity contribution in [1.82, 2.24) is 10.1 Å². The molecule has 0 saturated heterocycles. The third-order valence-corrected chi connectivity index (χ3v) is 2.79. The molecule has 1 atom stereocenters. The van der Waals surface area contributed by atoms with Gasteiger partial charge < -0.3 is 19.7 Å². The lowest BCUT2D eigenvalue weighted by atomic mass is 10.1. The Morgan fingerprint density at radius 3 is 2.71 bits per heavy atom. The Labute approximate surface area is 124 Å². The number of hydrogen-bond acceptors (Lipinski definition) is 6. The molecule has 0 aliphatic rings. The van der Waals surface area contributed by atoms with E-state index in [0.29, 0.717) is 29.8 Å². The van der Waals surface area contributed by atoms with Gasteiger partial charge in [0.2, 0.25) is 0 Å². The van der Waals surface area contributed by atoms with Crippen LogP contribution in [0.1, 0.15) is 31.1 Å². The number of hydrogen-bond donors (Lipinski definition) is 1. The second kappa shape index (κ2) is 7.08. The van der Waals surface area contributed by atoms with Gasteiger partial charge in [0.15, 0.2) is 23.9 Å². The summed E-state index contributed by atoms with van der Waals surface area (Å²) in [5.74, 6) is 2.38. The highest BCUT2D eigenvalue weighted by Crippen LogP contribution is 2.29. The van der Waals surface area contributed by atoms with E-state index in [1.54, 1.807) is 6.92 Å². The summed E-state index contributed by atoms with van der Waals surface area (Å²) in [5, 5.41) is 3.72. The minimum absolute atomic E-state index is 0.104. The highest BCUT2D eigenvalue weighted by atomic mass is 16.5. The van der Waals surface area contributed by atoms with Crippen molar-refractivity contribution in [3.63, 3.8) is 0 Å². The molecule has 2 aromatic rings. The Morgan fingerprint density at radius 1 is 1.29 bits per heavy atom. The first-order chi connectivity index (χ1) is 10.1. The molecular formula is C15H21N3O3. The van der Waals surface area contributed by atoms with Crippen LogP contribution in [-0.4, -0.2) is 22.8 Å². The topological polar surface area (TPSA) is 83.4 Å². The summed E-state index contributed by atoms with van der Waals surface area (Å²) in [6, 6.07) is 5.93. The predicted octanol–water partition coefficient (Wildman–Crippen LogP) is 2.25. The minimum Gasteiger partial charge on any atom is -0.490 e. The molecule has 0 amide bonds. The fraction of sp³-hybridized carbons (Fsp3) is 0.467. The first kappa shape index (κ1) is 15.3. The van der Waals surface area contributed by atoms with Crippen LogP contribution < -0.4 is 15.2 Å². The van der Waals surface area contributed by atoms with Gasteiger partial charge >= 0.3 is 0 Å². The van der Waals surface area contributed by atoms with E-state index in [-0.39, 0.29) is 12.6 Å². The number of aromatic nitrogens is 2. The molecule has 2 N–H and O–H groups in total. The molecule has 0 radical (unpaired) electrons. The summed E-state index contributed by atoms with van der Waals surface area (Å²) in [7, 11) is 0. The van der Waals surface area contributed by atoms with Crippen molar-refractivity contribution in [3.8, 4) is 11.5 Å². The van der Waals surface area contributed by atoms with Crippen molar-refractivity contribution in [3.05, 3.63) is 35.5 Å². The molecule has 1 heterocycles. The smallest absolute Gasteiger partial charge is 0.264 e. The van der Waals surface area contributed by atoms with Crippen LogP contribution in [0.4, 0.5) is 0 Å². The van der Waals surface area contributed by atoms with Crippen LogP contribution in [0.5, 0.6) is 11.5 Å². The van der Waals surface area contributed by atoms with E-state index in [4.69, 9.17) is 19.7 Å². The standard InChI is InChI=1S/C15H21N3O3/c1-4-19-14-8-12(7-10(2)16)5-6-13(14)20-9-15-17-11(3)18-21-15/h5-6,8,10H,4,7,9,16H2,1-3H3. The summed E-state index contributed by atoms with van der Waals surface area (Å²) in [4.78, 5) is 4.10. The molecule has 6 heteroatoms. The van der Waals surface area contributed by atoms with Crippen molar-refractivity contribution in [2.45, 2.75) is 39.8 Å². The molecule has 6 nitrogen and oxygen atoms in total. The van der Waals surface area contributed by atoms with E-state index in [0.717, 1.165) is 12.0 Å². The first-order valence-electron chi connectivity index (χ1n) is 7.01. The molecule has 2 rings (SSSR count). The molecule has 0 spiro atoms. The number of ether oxygens (including phenoxy) is 2. The third kappa shape index (κ3) is 4.46. The van der Waals surface area contributed by atoms with Gasteiger partial charge in [-0.15, -0.1) is 0 Å². The lowest BCUT2D eigenvalue weighted by Gasteiger charge is -2.13. The average Bonchev–Trinajstić information content (AvgIpc) is 2.83. The molecule has 0 aliphatic carbocycles. The third-order valence-electron chi connectivity index (χ3n) is 2.79. The molecule has 0 aliphatic heterocycles. The lowest BCUT2D eigenvalue weighted by Crippen LogP contribution is -2.17. The Balaban J connectivity index is 2.09. The largest absolute Gasteiger partial charge is 0.490 e. The molecule has 114 valence electrons. The van der Waals surface area contributed by atoms with E-state index >= 15 is 0 Å². The molecule has 1 aromatic heterocycles. The van der Waals surface area contributed by atoms with Gasteiger partial charge in [-0.1, -0.05) is 11.2 Å². The lowest BCUT2D eigenvalue weighted by molar-refractivity contribution is 0.228.